The summed E-state index contributed by atoms with van der Waals surface area (Å²) in [6.45, 7) is -0.244. The first kappa shape index (κ1) is 15.6. The maximum absolute atomic E-state index is 11.9. The first-order valence-corrected chi connectivity index (χ1v) is 5.90. The number of nitro groups is 1. The van der Waals surface area contributed by atoms with Gasteiger partial charge in [-0.2, -0.15) is 13.2 Å². The van der Waals surface area contributed by atoms with Crippen LogP contribution in [0.1, 0.15) is 18.4 Å². The van der Waals surface area contributed by atoms with Crippen LogP contribution in [0, 0.1) is 10.1 Å². The Morgan fingerprint density at radius 3 is 2.58 bits per heavy atom. The Morgan fingerprint density at radius 1 is 1.37 bits per heavy atom. The van der Waals surface area contributed by atoms with E-state index in [1.165, 1.54) is 18.2 Å². The van der Waals surface area contributed by atoms with E-state index in [-0.39, 0.29) is 30.3 Å². The molecule has 0 aromatic heterocycles. The van der Waals surface area contributed by atoms with Crippen molar-refractivity contribution in [2.24, 2.45) is 0 Å². The standard InChI is InChI=1S/C11H11ClF3NO3/c12-7-8-2-3-9(16(17)18)10(6-8)19-5-1-4-11(13,14)15/h2-3,6H,1,4-5,7H2. The Kier molecular flexibility index (Phi) is 5.41. The van der Waals surface area contributed by atoms with E-state index in [2.05, 4.69) is 0 Å². The van der Waals surface area contributed by atoms with E-state index in [1.54, 1.807) is 0 Å². The van der Waals surface area contributed by atoms with E-state index in [0.717, 1.165) is 0 Å². The summed E-state index contributed by atoms with van der Waals surface area (Å²) in [6.07, 6.45) is -5.50. The highest BCUT2D eigenvalue weighted by atomic mass is 35.5. The molecule has 0 atom stereocenters. The highest BCUT2D eigenvalue weighted by Crippen LogP contribution is 2.29. The molecule has 1 aromatic carbocycles. The fraction of sp³-hybridized carbons (Fsp3) is 0.455. The SMILES string of the molecule is O=[N+]([O-])c1ccc(CCl)cc1OCCCC(F)(F)F. The summed E-state index contributed by atoms with van der Waals surface area (Å²) in [5.41, 5.74) is 0.305. The van der Waals surface area contributed by atoms with Crippen LogP contribution in [0.25, 0.3) is 0 Å². The molecule has 0 N–H and O–H groups in total. The van der Waals surface area contributed by atoms with E-state index in [9.17, 15) is 23.3 Å². The molecule has 1 rings (SSSR count). The molecule has 0 aliphatic heterocycles. The molecule has 0 fully saturated rings. The molecule has 0 spiro atoms. The van der Waals surface area contributed by atoms with Gasteiger partial charge in [0.05, 0.1) is 11.5 Å². The lowest BCUT2D eigenvalue weighted by molar-refractivity contribution is -0.385. The maximum atomic E-state index is 11.9. The van der Waals surface area contributed by atoms with Gasteiger partial charge in [0.2, 0.25) is 0 Å². The van der Waals surface area contributed by atoms with Crippen LogP contribution in [0.3, 0.4) is 0 Å². The van der Waals surface area contributed by atoms with Gasteiger partial charge in [-0.1, -0.05) is 6.07 Å². The van der Waals surface area contributed by atoms with Gasteiger partial charge in [-0.3, -0.25) is 10.1 Å². The van der Waals surface area contributed by atoms with Crippen molar-refractivity contribution in [3.05, 3.63) is 33.9 Å². The zero-order chi connectivity index (χ0) is 14.5. The molecule has 0 aliphatic rings. The Labute approximate surface area is 112 Å². The normalized spacial score (nSPS) is 11.4. The van der Waals surface area contributed by atoms with Gasteiger partial charge in [-0.15, -0.1) is 11.6 Å². The number of benzene rings is 1. The molecule has 0 saturated carbocycles. The number of halogens is 4. The number of alkyl halides is 4. The molecule has 0 bridgehead atoms. The van der Waals surface area contributed by atoms with Gasteiger partial charge in [0.1, 0.15) is 0 Å². The monoisotopic (exact) mass is 297 g/mol. The third-order valence-electron chi connectivity index (χ3n) is 2.24. The quantitative estimate of drug-likeness (QED) is 0.344. The summed E-state index contributed by atoms with van der Waals surface area (Å²) >= 11 is 5.58. The topological polar surface area (TPSA) is 52.4 Å². The third kappa shape index (κ3) is 5.34. The Hall–Kier alpha value is -1.50. The average Bonchev–Trinajstić information content (AvgIpc) is 2.33. The number of rotatable bonds is 6. The minimum atomic E-state index is -4.26. The van der Waals surface area contributed by atoms with Crippen LogP contribution in [0.4, 0.5) is 18.9 Å². The van der Waals surface area contributed by atoms with Crippen LogP contribution >= 0.6 is 11.6 Å². The Balaban J connectivity index is 2.67. The van der Waals surface area contributed by atoms with Crippen molar-refractivity contribution < 1.29 is 22.8 Å². The van der Waals surface area contributed by atoms with E-state index in [1.807, 2.05) is 0 Å². The first-order valence-electron chi connectivity index (χ1n) is 5.36. The predicted molar refractivity (Wildman–Crippen MR) is 63.4 cm³/mol. The minimum Gasteiger partial charge on any atom is -0.487 e. The largest absolute Gasteiger partial charge is 0.487 e. The lowest BCUT2D eigenvalue weighted by Gasteiger charge is -2.09. The molecule has 8 heteroatoms. The summed E-state index contributed by atoms with van der Waals surface area (Å²) in [4.78, 5) is 10.1. The molecule has 0 amide bonds. The zero-order valence-corrected chi connectivity index (χ0v) is 10.5. The number of ether oxygens (including phenoxy) is 1. The van der Waals surface area contributed by atoms with Crippen LogP contribution in [0.15, 0.2) is 18.2 Å². The number of nitrogens with zero attached hydrogens (tertiary/aromatic N) is 1. The Bertz CT molecular complexity index is 451. The lowest BCUT2D eigenvalue weighted by Crippen LogP contribution is -2.10. The Morgan fingerprint density at radius 2 is 2.05 bits per heavy atom. The number of hydrogen-bond donors (Lipinski definition) is 0. The van der Waals surface area contributed by atoms with Gasteiger partial charge in [-0.05, 0) is 18.1 Å². The van der Waals surface area contributed by atoms with Crippen LogP contribution in [0.5, 0.6) is 5.75 Å². The van der Waals surface area contributed by atoms with Crippen molar-refractivity contribution in [3.8, 4) is 5.75 Å². The summed E-state index contributed by atoms with van der Waals surface area (Å²) in [6, 6.07) is 4.04. The van der Waals surface area contributed by atoms with Crippen molar-refractivity contribution in [2.75, 3.05) is 6.61 Å². The molecule has 1 aromatic rings. The van der Waals surface area contributed by atoms with Crippen molar-refractivity contribution in [1.29, 1.82) is 0 Å². The second-order valence-electron chi connectivity index (χ2n) is 3.76. The van der Waals surface area contributed by atoms with Crippen LogP contribution < -0.4 is 4.74 Å². The third-order valence-corrected chi connectivity index (χ3v) is 2.55. The average molecular weight is 298 g/mol. The number of nitro benzene ring substituents is 1. The molecule has 0 heterocycles. The molecule has 0 unspecified atom stereocenters. The van der Waals surface area contributed by atoms with Gasteiger partial charge in [0.25, 0.3) is 0 Å². The van der Waals surface area contributed by atoms with Crippen molar-refractivity contribution >= 4 is 17.3 Å². The highest BCUT2D eigenvalue weighted by molar-refractivity contribution is 6.17. The molecule has 4 nitrogen and oxygen atoms in total. The van der Waals surface area contributed by atoms with Gasteiger partial charge in [-0.25, -0.2) is 0 Å². The van der Waals surface area contributed by atoms with Crippen LogP contribution in [-0.4, -0.2) is 17.7 Å². The van der Waals surface area contributed by atoms with E-state index in [0.29, 0.717) is 5.56 Å². The van der Waals surface area contributed by atoms with Gasteiger partial charge >= 0.3 is 11.9 Å². The molecular weight excluding hydrogens is 287 g/mol. The zero-order valence-electron chi connectivity index (χ0n) is 9.74. The van der Waals surface area contributed by atoms with Gasteiger partial charge in [0.15, 0.2) is 5.75 Å². The second kappa shape index (κ2) is 6.60. The van der Waals surface area contributed by atoms with E-state index >= 15 is 0 Å². The molecule has 0 saturated heterocycles. The highest BCUT2D eigenvalue weighted by Gasteiger charge is 2.26. The lowest BCUT2D eigenvalue weighted by atomic mass is 10.2. The fourth-order valence-corrected chi connectivity index (χ4v) is 1.53. The first-order chi connectivity index (χ1) is 8.83. The summed E-state index contributed by atoms with van der Waals surface area (Å²) in [7, 11) is 0. The van der Waals surface area contributed by atoms with E-state index < -0.39 is 17.5 Å². The molecule has 106 valence electrons. The summed E-state index contributed by atoms with van der Waals surface area (Å²) in [5, 5.41) is 10.7. The summed E-state index contributed by atoms with van der Waals surface area (Å²) < 4.78 is 40.8. The van der Waals surface area contributed by atoms with Crippen molar-refractivity contribution in [3.63, 3.8) is 0 Å². The number of hydrogen-bond acceptors (Lipinski definition) is 3. The molecule has 19 heavy (non-hydrogen) atoms. The van der Waals surface area contributed by atoms with Gasteiger partial charge < -0.3 is 4.74 Å². The fourth-order valence-electron chi connectivity index (χ4n) is 1.36. The predicted octanol–water partition coefficient (Wildman–Crippen LogP) is 4.05. The molecule has 0 radical (unpaired) electrons. The smallest absolute Gasteiger partial charge is 0.389 e. The molecule has 0 aliphatic carbocycles. The van der Waals surface area contributed by atoms with Crippen LogP contribution in [-0.2, 0) is 5.88 Å². The van der Waals surface area contributed by atoms with Gasteiger partial charge in [0, 0.05) is 18.4 Å². The maximum Gasteiger partial charge on any atom is 0.389 e. The second-order valence-corrected chi connectivity index (χ2v) is 4.03. The van der Waals surface area contributed by atoms with Crippen molar-refractivity contribution in [2.45, 2.75) is 24.9 Å². The minimum absolute atomic E-state index is 0.0645. The summed E-state index contributed by atoms with van der Waals surface area (Å²) in [5.74, 6) is 0.0713. The van der Waals surface area contributed by atoms with E-state index in [4.69, 9.17) is 16.3 Å². The van der Waals surface area contributed by atoms with Crippen LogP contribution in [0.2, 0.25) is 0 Å². The molecular formula is C11H11ClF3NO3. The van der Waals surface area contributed by atoms with Crippen molar-refractivity contribution in [1.82, 2.24) is 0 Å².